The summed E-state index contributed by atoms with van der Waals surface area (Å²) in [6.45, 7) is 0. The fraction of sp³-hybridized carbons (Fsp3) is 0.125. The van der Waals surface area contributed by atoms with Crippen LogP contribution in [0.1, 0.15) is 12.0 Å². The molecular formula is C24H21N3O4. The number of benzene rings is 2. The number of aromatic amines is 3. The molecular weight excluding hydrogens is 394 g/mol. The molecule has 0 bridgehead atoms. The lowest BCUT2D eigenvalue weighted by Crippen LogP contribution is -2.02. The molecule has 0 amide bonds. The maximum atomic E-state index is 11.6. The summed E-state index contributed by atoms with van der Waals surface area (Å²) in [5.74, 6) is -0.481. The lowest BCUT2D eigenvalue weighted by molar-refractivity contribution is -0.140. The maximum absolute atomic E-state index is 11.6. The summed E-state index contributed by atoms with van der Waals surface area (Å²) in [5, 5.41) is 23.2. The van der Waals surface area contributed by atoms with Crippen molar-refractivity contribution in [3.63, 3.8) is 0 Å². The molecule has 0 atom stereocenters. The van der Waals surface area contributed by atoms with Gasteiger partial charge in [0.1, 0.15) is 0 Å². The molecule has 0 saturated carbocycles. The highest BCUT2D eigenvalue weighted by Gasteiger charge is 2.24. The number of esters is 1. The van der Waals surface area contributed by atoms with E-state index in [1.807, 2.05) is 54.9 Å². The van der Waals surface area contributed by atoms with Crippen LogP contribution in [0.25, 0.3) is 44.1 Å². The summed E-state index contributed by atoms with van der Waals surface area (Å²) in [6, 6.07) is 13.6. The molecule has 7 heteroatoms. The second-order valence-electron chi connectivity index (χ2n) is 7.44. The number of hydrogen-bond donors (Lipinski definition) is 5. The largest absolute Gasteiger partial charge is 0.494 e. The number of aryl methyl sites for hydroxylation is 1. The van der Waals surface area contributed by atoms with E-state index in [0.717, 1.165) is 38.5 Å². The molecule has 5 aromatic rings. The SMILES string of the molecule is COC(=O)CCc1cccc2c(-c3c(O)[nH]c(O)c3-c3c[nH]c4ccccc34)c[nH]c12. The van der Waals surface area contributed by atoms with E-state index in [1.54, 1.807) is 0 Å². The number of H-pyrrole nitrogens is 3. The number of rotatable bonds is 5. The second-order valence-corrected chi connectivity index (χ2v) is 7.44. The second kappa shape index (κ2) is 7.28. The Labute approximate surface area is 177 Å². The summed E-state index contributed by atoms with van der Waals surface area (Å²) in [7, 11) is 1.38. The summed E-state index contributed by atoms with van der Waals surface area (Å²) < 4.78 is 4.75. The molecule has 0 radical (unpaired) electrons. The summed E-state index contributed by atoms with van der Waals surface area (Å²) in [6.07, 6.45) is 4.45. The van der Waals surface area contributed by atoms with Gasteiger partial charge in [0, 0.05) is 51.7 Å². The Morgan fingerprint density at radius 1 is 0.903 bits per heavy atom. The Hall–Kier alpha value is -4.13. The van der Waals surface area contributed by atoms with E-state index in [2.05, 4.69) is 15.0 Å². The third kappa shape index (κ3) is 3.02. The van der Waals surface area contributed by atoms with Gasteiger partial charge in [-0.25, -0.2) is 0 Å². The Bertz CT molecular complexity index is 1420. The van der Waals surface area contributed by atoms with Crippen LogP contribution in [0.4, 0.5) is 0 Å². The standard InChI is InChI=1S/C24H21N3O4/c1-31-19(28)10-9-13-5-4-7-15-17(12-26-22(13)15)21-20(23(29)27-24(21)30)16-11-25-18-8-3-2-6-14(16)18/h2-8,11-12,25-27,29-30H,9-10H2,1H3. The van der Waals surface area contributed by atoms with Gasteiger partial charge >= 0.3 is 5.97 Å². The Morgan fingerprint density at radius 3 is 2.35 bits per heavy atom. The van der Waals surface area contributed by atoms with Crippen molar-refractivity contribution < 1.29 is 19.7 Å². The first kappa shape index (κ1) is 18.9. The number of hydrogen-bond acceptors (Lipinski definition) is 4. The van der Waals surface area contributed by atoms with Gasteiger partial charge in [0.15, 0.2) is 11.8 Å². The third-order valence-corrected chi connectivity index (χ3v) is 5.72. The van der Waals surface area contributed by atoms with Gasteiger partial charge in [-0.2, -0.15) is 0 Å². The lowest BCUT2D eigenvalue weighted by Gasteiger charge is -2.06. The first-order chi connectivity index (χ1) is 15.1. The van der Waals surface area contributed by atoms with Gasteiger partial charge in [-0.3, -0.25) is 9.78 Å². The van der Waals surface area contributed by atoms with Crippen molar-refractivity contribution in [2.75, 3.05) is 7.11 Å². The van der Waals surface area contributed by atoms with Crippen molar-refractivity contribution in [2.24, 2.45) is 0 Å². The van der Waals surface area contributed by atoms with E-state index in [0.29, 0.717) is 17.5 Å². The molecule has 0 spiro atoms. The minimum absolute atomic E-state index is 0.103. The minimum atomic E-state index is -0.265. The monoisotopic (exact) mass is 415 g/mol. The fourth-order valence-electron chi connectivity index (χ4n) is 4.25. The molecule has 0 aliphatic heterocycles. The highest BCUT2D eigenvalue weighted by Crippen LogP contribution is 2.48. The predicted octanol–water partition coefficient (Wildman–Crippen LogP) is 4.83. The number of para-hydroxylation sites is 2. The number of carbonyl (C=O) groups is 1. The van der Waals surface area contributed by atoms with E-state index >= 15 is 0 Å². The van der Waals surface area contributed by atoms with Gasteiger partial charge in [0.2, 0.25) is 0 Å². The van der Waals surface area contributed by atoms with Crippen LogP contribution in [0.5, 0.6) is 11.8 Å². The van der Waals surface area contributed by atoms with E-state index in [9.17, 15) is 15.0 Å². The third-order valence-electron chi connectivity index (χ3n) is 5.72. The number of methoxy groups -OCH3 is 1. The normalized spacial score (nSPS) is 11.4. The van der Waals surface area contributed by atoms with Gasteiger partial charge in [-0.1, -0.05) is 36.4 Å². The van der Waals surface area contributed by atoms with Crippen LogP contribution in [0, 0.1) is 0 Å². The number of fused-ring (bicyclic) bond motifs is 2. The van der Waals surface area contributed by atoms with Crippen LogP contribution in [0.3, 0.4) is 0 Å². The zero-order chi connectivity index (χ0) is 21.5. The highest BCUT2D eigenvalue weighted by atomic mass is 16.5. The number of aromatic nitrogens is 3. The minimum Gasteiger partial charge on any atom is -0.494 e. The summed E-state index contributed by atoms with van der Waals surface area (Å²) in [4.78, 5) is 20.7. The Kier molecular flexibility index (Phi) is 4.43. The number of ether oxygens (including phenoxy) is 1. The predicted molar refractivity (Wildman–Crippen MR) is 119 cm³/mol. The van der Waals surface area contributed by atoms with Crippen molar-refractivity contribution in [3.05, 3.63) is 60.4 Å². The molecule has 3 heterocycles. The van der Waals surface area contributed by atoms with Crippen LogP contribution in [-0.2, 0) is 16.0 Å². The van der Waals surface area contributed by atoms with E-state index < -0.39 is 0 Å². The molecule has 7 nitrogen and oxygen atoms in total. The van der Waals surface area contributed by atoms with Crippen molar-refractivity contribution >= 4 is 27.8 Å². The molecule has 0 aliphatic rings. The molecule has 0 saturated heterocycles. The molecule has 5 rings (SSSR count). The number of carbonyl (C=O) groups excluding carboxylic acids is 1. The van der Waals surface area contributed by atoms with Crippen molar-refractivity contribution in [1.29, 1.82) is 0 Å². The average Bonchev–Trinajstić information content (AvgIpc) is 3.46. The molecule has 31 heavy (non-hydrogen) atoms. The number of aromatic hydroxyl groups is 2. The molecule has 0 fully saturated rings. The van der Waals surface area contributed by atoms with Crippen LogP contribution in [0.15, 0.2) is 54.9 Å². The highest BCUT2D eigenvalue weighted by molar-refractivity contribution is 6.07. The Morgan fingerprint density at radius 2 is 1.58 bits per heavy atom. The van der Waals surface area contributed by atoms with Crippen molar-refractivity contribution in [3.8, 4) is 34.0 Å². The summed E-state index contributed by atoms with van der Waals surface area (Å²) in [5.41, 5.74) is 5.37. The van der Waals surface area contributed by atoms with E-state index in [4.69, 9.17) is 4.74 Å². The number of nitrogens with one attached hydrogen (secondary N) is 3. The lowest BCUT2D eigenvalue weighted by atomic mass is 9.96. The zero-order valence-corrected chi connectivity index (χ0v) is 16.8. The van der Waals surface area contributed by atoms with Gasteiger partial charge in [0.25, 0.3) is 0 Å². The van der Waals surface area contributed by atoms with Gasteiger partial charge in [-0.15, -0.1) is 0 Å². The van der Waals surface area contributed by atoms with Gasteiger partial charge < -0.3 is 24.9 Å². The van der Waals surface area contributed by atoms with Gasteiger partial charge in [0.05, 0.1) is 18.2 Å². The fourth-order valence-corrected chi connectivity index (χ4v) is 4.25. The van der Waals surface area contributed by atoms with Crippen molar-refractivity contribution in [1.82, 2.24) is 15.0 Å². The van der Waals surface area contributed by atoms with Crippen LogP contribution in [-0.4, -0.2) is 38.2 Å². The van der Waals surface area contributed by atoms with Gasteiger partial charge in [-0.05, 0) is 18.1 Å². The first-order valence-corrected chi connectivity index (χ1v) is 9.95. The van der Waals surface area contributed by atoms with Crippen LogP contribution >= 0.6 is 0 Å². The van der Waals surface area contributed by atoms with Crippen molar-refractivity contribution in [2.45, 2.75) is 12.8 Å². The van der Waals surface area contributed by atoms with Crippen LogP contribution < -0.4 is 0 Å². The Balaban J connectivity index is 1.68. The summed E-state index contributed by atoms with van der Waals surface area (Å²) >= 11 is 0. The smallest absolute Gasteiger partial charge is 0.305 e. The average molecular weight is 415 g/mol. The van der Waals surface area contributed by atoms with E-state index in [1.165, 1.54) is 7.11 Å². The molecule has 3 aromatic heterocycles. The molecule has 0 unspecified atom stereocenters. The van der Waals surface area contributed by atoms with Crippen LogP contribution in [0.2, 0.25) is 0 Å². The first-order valence-electron chi connectivity index (χ1n) is 9.95. The quantitative estimate of drug-likeness (QED) is 0.265. The molecule has 156 valence electrons. The zero-order valence-electron chi connectivity index (χ0n) is 16.8. The molecule has 2 aromatic carbocycles. The molecule has 5 N–H and O–H groups in total. The maximum Gasteiger partial charge on any atom is 0.305 e. The topological polar surface area (TPSA) is 114 Å². The van der Waals surface area contributed by atoms with E-state index in [-0.39, 0.29) is 24.2 Å². The molecule has 0 aliphatic carbocycles.